The lowest BCUT2D eigenvalue weighted by atomic mass is 9.85. The highest BCUT2D eigenvalue weighted by Gasteiger charge is 2.40. The van der Waals surface area contributed by atoms with Crippen molar-refractivity contribution in [2.75, 3.05) is 11.9 Å². The van der Waals surface area contributed by atoms with Crippen LogP contribution in [-0.4, -0.2) is 51.3 Å². The summed E-state index contributed by atoms with van der Waals surface area (Å²) in [5.41, 5.74) is 2.15. The van der Waals surface area contributed by atoms with Gasteiger partial charge in [-0.3, -0.25) is 4.79 Å². The Kier molecular flexibility index (Phi) is 9.91. The molecule has 4 unspecified atom stereocenters. The van der Waals surface area contributed by atoms with E-state index in [-0.39, 0.29) is 18.3 Å². The van der Waals surface area contributed by atoms with Gasteiger partial charge >= 0.3 is 5.97 Å². The number of aliphatic carboxylic acids is 1. The molecule has 0 heterocycles. The number of hydrogen-bond donors (Lipinski definition) is 5. The fraction of sp³-hybridized carbons (Fsp3) is 0.696. The van der Waals surface area contributed by atoms with Gasteiger partial charge in [0.2, 0.25) is 0 Å². The molecule has 1 fully saturated rings. The number of aliphatic hydroxyl groups is 3. The normalized spacial score (nSPS) is 25.1. The first-order valence-electron chi connectivity index (χ1n) is 10.9. The minimum Gasteiger partial charge on any atom is -0.481 e. The monoisotopic (exact) mass is 407 g/mol. The van der Waals surface area contributed by atoms with Crippen molar-refractivity contribution in [1.29, 1.82) is 0 Å². The minimum atomic E-state index is -0.755. The quantitative estimate of drug-likeness (QED) is 0.321. The highest BCUT2D eigenvalue weighted by molar-refractivity contribution is 5.66. The number of rotatable bonds is 13. The Hall–Kier alpha value is -1.63. The summed E-state index contributed by atoms with van der Waals surface area (Å²) >= 11 is 0. The number of anilines is 1. The molecule has 5 N–H and O–H groups in total. The molecule has 0 spiro atoms. The zero-order chi connectivity index (χ0) is 21.2. The van der Waals surface area contributed by atoms with Crippen LogP contribution in [-0.2, 0) is 4.79 Å². The maximum absolute atomic E-state index is 10.5. The standard InChI is InChI=1S/C23H37NO5/c1-16-8-6-7-10-20(16)24-15-17(25)12-13-19-18(21(26)14-22(19)27)9-4-2-3-5-11-23(28)29/h6-8,10,17-19,21-22,24-27H,2-5,9,11-15H2,1H3,(H,28,29)/t17?,18?,19-,21?,22?/m1/s1. The van der Waals surface area contributed by atoms with Crippen LogP contribution in [0, 0.1) is 18.8 Å². The number of hydrogen-bond acceptors (Lipinski definition) is 5. The summed E-state index contributed by atoms with van der Waals surface area (Å²) in [5.74, 6) is -0.687. The summed E-state index contributed by atoms with van der Waals surface area (Å²) in [5, 5.41) is 43.0. The van der Waals surface area contributed by atoms with Crippen molar-refractivity contribution < 1.29 is 25.2 Å². The summed E-state index contributed by atoms with van der Waals surface area (Å²) in [6.07, 6.45) is 4.68. The molecule has 5 atom stereocenters. The van der Waals surface area contributed by atoms with Gasteiger partial charge in [0.05, 0.1) is 18.3 Å². The number of aliphatic hydroxyl groups excluding tert-OH is 3. The fourth-order valence-electron chi connectivity index (χ4n) is 4.48. The first-order chi connectivity index (χ1) is 13.9. The smallest absolute Gasteiger partial charge is 0.303 e. The largest absolute Gasteiger partial charge is 0.481 e. The maximum Gasteiger partial charge on any atom is 0.303 e. The van der Waals surface area contributed by atoms with Gasteiger partial charge in [-0.15, -0.1) is 0 Å². The Balaban J connectivity index is 1.72. The van der Waals surface area contributed by atoms with Crippen molar-refractivity contribution in [3.63, 3.8) is 0 Å². The van der Waals surface area contributed by atoms with Crippen LogP contribution in [0.3, 0.4) is 0 Å². The molecule has 0 saturated heterocycles. The molecule has 6 heteroatoms. The van der Waals surface area contributed by atoms with Crippen molar-refractivity contribution >= 4 is 11.7 Å². The van der Waals surface area contributed by atoms with E-state index in [9.17, 15) is 20.1 Å². The SMILES string of the molecule is Cc1ccccc1NCC(O)CC[C@H]1C(O)CC(O)C1CCCCCCC(=O)O. The van der Waals surface area contributed by atoms with E-state index >= 15 is 0 Å². The van der Waals surface area contributed by atoms with Crippen LogP contribution in [0.4, 0.5) is 5.69 Å². The Morgan fingerprint density at radius 1 is 1.07 bits per heavy atom. The molecule has 1 aromatic carbocycles. The molecule has 0 amide bonds. The lowest BCUT2D eigenvalue weighted by Gasteiger charge is -2.25. The van der Waals surface area contributed by atoms with Gasteiger partial charge in [0.1, 0.15) is 0 Å². The second-order valence-corrected chi connectivity index (χ2v) is 8.47. The number of aryl methyl sites for hydroxylation is 1. The Morgan fingerprint density at radius 2 is 1.72 bits per heavy atom. The molecule has 0 aromatic heterocycles. The summed E-state index contributed by atoms with van der Waals surface area (Å²) in [6, 6.07) is 7.96. The van der Waals surface area contributed by atoms with Crippen molar-refractivity contribution in [2.24, 2.45) is 11.8 Å². The maximum atomic E-state index is 10.5. The number of carboxylic acids is 1. The van der Waals surface area contributed by atoms with Gasteiger partial charge in [0, 0.05) is 18.7 Å². The van der Waals surface area contributed by atoms with Gasteiger partial charge in [-0.05, 0) is 62.5 Å². The van der Waals surface area contributed by atoms with Gasteiger partial charge in [0.15, 0.2) is 0 Å². The number of carbonyl (C=O) groups is 1. The third-order valence-corrected chi connectivity index (χ3v) is 6.21. The first-order valence-corrected chi connectivity index (χ1v) is 10.9. The first kappa shape index (κ1) is 23.6. The highest BCUT2D eigenvalue weighted by Crippen LogP contribution is 2.39. The Labute approximate surface area is 174 Å². The molecule has 1 saturated carbocycles. The molecule has 2 rings (SSSR count). The predicted molar refractivity (Wildman–Crippen MR) is 114 cm³/mol. The van der Waals surface area contributed by atoms with E-state index in [1.165, 1.54) is 0 Å². The summed E-state index contributed by atoms with van der Waals surface area (Å²) in [6.45, 7) is 2.49. The summed E-state index contributed by atoms with van der Waals surface area (Å²) < 4.78 is 0. The van der Waals surface area contributed by atoms with Gasteiger partial charge < -0.3 is 25.7 Å². The molecular formula is C23H37NO5. The van der Waals surface area contributed by atoms with E-state index in [1.54, 1.807) is 0 Å². The second kappa shape index (κ2) is 12.2. The molecule has 1 aromatic rings. The Morgan fingerprint density at radius 3 is 2.41 bits per heavy atom. The number of para-hydroxylation sites is 1. The molecule has 6 nitrogen and oxygen atoms in total. The number of unbranched alkanes of at least 4 members (excludes halogenated alkanes) is 3. The molecule has 1 aliphatic carbocycles. The molecular weight excluding hydrogens is 370 g/mol. The van der Waals surface area contributed by atoms with Gasteiger partial charge in [0.25, 0.3) is 0 Å². The summed E-state index contributed by atoms with van der Waals surface area (Å²) in [7, 11) is 0. The lowest BCUT2D eigenvalue weighted by Crippen LogP contribution is -2.26. The fourth-order valence-corrected chi connectivity index (χ4v) is 4.48. The van der Waals surface area contributed by atoms with Crippen LogP contribution in [0.25, 0.3) is 0 Å². The van der Waals surface area contributed by atoms with Gasteiger partial charge in [-0.25, -0.2) is 0 Å². The van der Waals surface area contributed by atoms with Crippen LogP contribution in [0.15, 0.2) is 24.3 Å². The van der Waals surface area contributed by atoms with Crippen LogP contribution < -0.4 is 5.32 Å². The van der Waals surface area contributed by atoms with Crippen LogP contribution in [0.1, 0.15) is 63.4 Å². The number of benzene rings is 1. The van der Waals surface area contributed by atoms with E-state index in [0.29, 0.717) is 32.2 Å². The molecule has 0 bridgehead atoms. The van der Waals surface area contributed by atoms with E-state index in [4.69, 9.17) is 5.11 Å². The predicted octanol–water partition coefficient (Wildman–Crippen LogP) is 3.33. The minimum absolute atomic E-state index is 0.0112. The molecule has 29 heavy (non-hydrogen) atoms. The van der Waals surface area contributed by atoms with Crippen molar-refractivity contribution in [2.45, 2.75) is 83.0 Å². The van der Waals surface area contributed by atoms with Gasteiger partial charge in [-0.2, -0.15) is 0 Å². The topological polar surface area (TPSA) is 110 Å². The van der Waals surface area contributed by atoms with Gasteiger partial charge in [-0.1, -0.05) is 37.5 Å². The molecule has 0 radical (unpaired) electrons. The van der Waals surface area contributed by atoms with E-state index < -0.39 is 24.3 Å². The van der Waals surface area contributed by atoms with E-state index in [2.05, 4.69) is 5.32 Å². The van der Waals surface area contributed by atoms with E-state index in [0.717, 1.165) is 36.9 Å². The number of carboxylic acid groups (broad SMARTS) is 1. The molecule has 164 valence electrons. The summed E-state index contributed by atoms with van der Waals surface area (Å²) in [4.78, 5) is 10.5. The average Bonchev–Trinajstić information content (AvgIpc) is 2.94. The van der Waals surface area contributed by atoms with Crippen molar-refractivity contribution in [3.05, 3.63) is 29.8 Å². The third kappa shape index (κ3) is 7.96. The van der Waals surface area contributed by atoms with Crippen LogP contribution >= 0.6 is 0 Å². The third-order valence-electron chi connectivity index (χ3n) is 6.21. The Bertz CT molecular complexity index is 623. The van der Waals surface area contributed by atoms with Crippen molar-refractivity contribution in [3.8, 4) is 0 Å². The van der Waals surface area contributed by atoms with Crippen molar-refractivity contribution in [1.82, 2.24) is 0 Å². The average molecular weight is 408 g/mol. The second-order valence-electron chi connectivity index (χ2n) is 8.47. The zero-order valence-electron chi connectivity index (χ0n) is 17.5. The zero-order valence-corrected chi connectivity index (χ0v) is 17.5. The molecule has 1 aliphatic rings. The molecule has 0 aliphatic heterocycles. The lowest BCUT2D eigenvalue weighted by molar-refractivity contribution is -0.137. The van der Waals surface area contributed by atoms with Crippen LogP contribution in [0.5, 0.6) is 0 Å². The van der Waals surface area contributed by atoms with E-state index in [1.807, 2.05) is 31.2 Å². The number of nitrogens with one attached hydrogen (secondary N) is 1. The highest BCUT2D eigenvalue weighted by atomic mass is 16.4. The van der Waals surface area contributed by atoms with Crippen LogP contribution in [0.2, 0.25) is 0 Å².